The lowest BCUT2D eigenvalue weighted by atomic mass is 10.2. The maximum absolute atomic E-state index is 12.3. The van der Waals surface area contributed by atoms with Crippen LogP contribution in [0.25, 0.3) is 0 Å². The Kier molecular flexibility index (Phi) is 8.96. The van der Waals surface area contributed by atoms with Gasteiger partial charge in [-0.2, -0.15) is 0 Å². The second-order valence-electron chi connectivity index (χ2n) is 6.63. The van der Waals surface area contributed by atoms with E-state index in [0.29, 0.717) is 12.8 Å². The molecule has 0 saturated carbocycles. The molecule has 2 N–H and O–H groups in total. The van der Waals surface area contributed by atoms with Crippen LogP contribution in [-0.2, 0) is 47.6 Å². The fourth-order valence-corrected chi connectivity index (χ4v) is 2.74. The molecule has 0 aromatic carbocycles. The second-order valence-corrected chi connectivity index (χ2v) is 6.63. The molecule has 0 radical (unpaired) electrons. The molecular formula is C18H26O12. The Morgan fingerprint density at radius 2 is 1.13 bits per heavy atom. The highest BCUT2D eigenvalue weighted by molar-refractivity contribution is 5.75. The third-order valence-corrected chi connectivity index (χ3v) is 4.17. The van der Waals surface area contributed by atoms with Gasteiger partial charge in [-0.25, -0.2) is 0 Å². The topological polar surface area (TPSA) is 164 Å². The van der Waals surface area contributed by atoms with E-state index in [9.17, 15) is 24.3 Å². The zero-order valence-electron chi connectivity index (χ0n) is 16.5. The fourth-order valence-electron chi connectivity index (χ4n) is 2.74. The number of aliphatic hydroxyl groups excluding tert-OH is 1. The molecule has 0 aromatic rings. The highest BCUT2D eigenvalue weighted by atomic mass is 17.0. The van der Waals surface area contributed by atoms with Gasteiger partial charge in [0.1, 0.15) is 0 Å². The van der Waals surface area contributed by atoms with Crippen molar-refractivity contribution in [2.24, 2.45) is 0 Å². The molecule has 0 amide bonds. The van der Waals surface area contributed by atoms with E-state index < -0.39 is 42.4 Å². The van der Waals surface area contributed by atoms with Crippen molar-refractivity contribution in [3.05, 3.63) is 0 Å². The molecule has 12 nitrogen and oxygen atoms in total. The lowest BCUT2D eigenvalue weighted by Gasteiger charge is -2.39. The Morgan fingerprint density at radius 1 is 0.700 bits per heavy atom. The summed E-state index contributed by atoms with van der Waals surface area (Å²) in [5.74, 6) is -10.3. The Hall–Kier alpha value is -2.28. The molecule has 12 heteroatoms. The van der Waals surface area contributed by atoms with Gasteiger partial charge in [0.25, 0.3) is 0 Å². The Labute approximate surface area is 172 Å². The van der Waals surface area contributed by atoms with Gasteiger partial charge in [-0.3, -0.25) is 23.9 Å². The van der Waals surface area contributed by atoms with Crippen LogP contribution in [-0.4, -0.2) is 72.5 Å². The molecular weight excluding hydrogens is 408 g/mol. The number of ether oxygens (including phenoxy) is 6. The smallest absolute Gasteiger partial charge is 0.394 e. The maximum atomic E-state index is 12.3. The number of aliphatic hydroxyl groups is 2. The monoisotopic (exact) mass is 434 g/mol. The Morgan fingerprint density at radius 3 is 1.57 bits per heavy atom. The molecule has 30 heavy (non-hydrogen) atoms. The molecule has 0 unspecified atom stereocenters. The number of hydrogen-bond acceptors (Lipinski definition) is 12. The first-order valence-corrected chi connectivity index (χ1v) is 9.72. The first kappa shape index (κ1) is 24.0. The third-order valence-electron chi connectivity index (χ3n) is 4.17. The summed E-state index contributed by atoms with van der Waals surface area (Å²) < 4.78 is 30.3. The molecule has 2 heterocycles. The zero-order chi connectivity index (χ0) is 22.0. The van der Waals surface area contributed by atoms with Crippen molar-refractivity contribution in [3.8, 4) is 0 Å². The third kappa shape index (κ3) is 6.62. The van der Waals surface area contributed by atoms with Crippen LogP contribution < -0.4 is 0 Å². The SMILES string of the molecule is O=C1CCCCC(=O)OC(O)(C2(OCCOCCO)OC(=O)CCCCC(=O)O2)O1. The molecule has 2 fully saturated rings. The summed E-state index contributed by atoms with van der Waals surface area (Å²) in [7, 11) is 0. The van der Waals surface area contributed by atoms with Gasteiger partial charge < -0.3 is 33.9 Å². The fraction of sp³-hybridized carbons (Fsp3) is 0.778. The number of hydrogen-bond donors (Lipinski definition) is 2. The quantitative estimate of drug-likeness (QED) is 0.395. The summed E-state index contributed by atoms with van der Waals surface area (Å²) in [6, 6.07) is 0. The second kappa shape index (κ2) is 11.2. The van der Waals surface area contributed by atoms with E-state index in [2.05, 4.69) is 0 Å². The van der Waals surface area contributed by atoms with Crippen molar-refractivity contribution < 1.29 is 57.8 Å². The van der Waals surface area contributed by atoms with Crippen LogP contribution in [0.2, 0.25) is 0 Å². The minimum atomic E-state index is -3.38. The van der Waals surface area contributed by atoms with E-state index in [4.69, 9.17) is 33.5 Å². The van der Waals surface area contributed by atoms with E-state index in [-0.39, 0.29) is 58.3 Å². The van der Waals surface area contributed by atoms with Gasteiger partial charge in [-0.1, -0.05) is 0 Å². The number of rotatable bonds is 7. The van der Waals surface area contributed by atoms with E-state index >= 15 is 0 Å². The Bertz CT molecular complexity index is 591. The highest BCUT2D eigenvalue weighted by Crippen LogP contribution is 2.36. The van der Waals surface area contributed by atoms with Gasteiger partial charge in [-0.05, 0) is 25.7 Å². The first-order valence-electron chi connectivity index (χ1n) is 9.72. The molecule has 0 spiro atoms. The summed E-state index contributed by atoms with van der Waals surface area (Å²) >= 11 is 0. The largest absolute Gasteiger partial charge is 0.490 e. The summed E-state index contributed by atoms with van der Waals surface area (Å²) in [6.07, 6.45) is 0.511. The summed E-state index contributed by atoms with van der Waals surface area (Å²) in [5.41, 5.74) is 0. The minimum Gasteiger partial charge on any atom is -0.394 e. The van der Waals surface area contributed by atoms with Crippen molar-refractivity contribution in [2.75, 3.05) is 26.4 Å². The van der Waals surface area contributed by atoms with Gasteiger partial charge >= 0.3 is 35.8 Å². The van der Waals surface area contributed by atoms with Crippen LogP contribution in [0.15, 0.2) is 0 Å². The molecule has 0 atom stereocenters. The first-order chi connectivity index (χ1) is 14.3. The molecule has 170 valence electrons. The number of carbonyl (C=O) groups excluding carboxylic acids is 4. The lowest BCUT2D eigenvalue weighted by molar-refractivity contribution is -0.513. The molecule has 2 aliphatic heterocycles. The van der Waals surface area contributed by atoms with Crippen molar-refractivity contribution in [3.63, 3.8) is 0 Å². The van der Waals surface area contributed by atoms with Crippen LogP contribution in [0.3, 0.4) is 0 Å². The molecule has 0 bridgehead atoms. The average molecular weight is 434 g/mol. The highest BCUT2D eigenvalue weighted by Gasteiger charge is 2.68. The molecule has 2 rings (SSSR count). The van der Waals surface area contributed by atoms with Gasteiger partial charge in [0.2, 0.25) is 0 Å². The van der Waals surface area contributed by atoms with Crippen LogP contribution in [0, 0.1) is 0 Å². The molecule has 2 saturated heterocycles. The Balaban J connectivity index is 2.40. The van der Waals surface area contributed by atoms with Crippen molar-refractivity contribution in [2.45, 2.75) is 63.3 Å². The van der Waals surface area contributed by atoms with Crippen molar-refractivity contribution in [1.29, 1.82) is 0 Å². The van der Waals surface area contributed by atoms with Crippen LogP contribution in [0.4, 0.5) is 0 Å². The van der Waals surface area contributed by atoms with E-state index in [1.807, 2.05) is 0 Å². The molecule has 2 aliphatic rings. The van der Waals surface area contributed by atoms with Crippen LogP contribution in [0.5, 0.6) is 0 Å². The number of carbonyl (C=O) groups is 4. The van der Waals surface area contributed by atoms with E-state index in [1.165, 1.54) is 0 Å². The van der Waals surface area contributed by atoms with Crippen LogP contribution >= 0.6 is 0 Å². The van der Waals surface area contributed by atoms with E-state index in [0.717, 1.165) is 0 Å². The number of cyclic esters (lactones) is 4. The molecule has 0 aliphatic carbocycles. The standard InChI is InChI=1S/C18H26O12/c19-9-10-25-11-12-26-18(29-15(22)7-3-4-8-16(23)30-18)17(24)27-13(20)5-1-2-6-14(21)28-17/h19,24H,1-12H2. The van der Waals surface area contributed by atoms with E-state index in [1.54, 1.807) is 0 Å². The summed E-state index contributed by atoms with van der Waals surface area (Å²) in [4.78, 5) is 48.8. The normalized spacial score (nSPS) is 22.6. The minimum absolute atomic E-state index is 0.0375. The maximum Gasteiger partial charge on any atom is 0.490 e. The number of esters is 4. The van der Waals surface area contributed by atoms with Gasteiger partial charge in [0.05, 0.1) is 26.4 Å². The lowest BCUT2D eigenvalue weighted by Crippen LogP contribution is -2.65. The summed E-state index contributed by atoms with van der Waals surface area (Å²) in [6.45, 7) is -0.939. The predicted octanol–water partition coefficient (Wildman–Crippen LogP) is -0.367. The van der Waals surface area contributed by atoms with Crippen molar-refractivity contribution >= 4 is 23.9 Å². The van der Waals surface area contributed by atoms with Crippen LogP contribution in [0.1, 0.15) is 51.4 Å². The van der Waals surface area contributed by atoms with Crippen molar-refractivity contribution in [1.82, 2.24) is 0 Å². The van der Waals surface area contributed by atoms with Gasteiger partial charge in [0, 0.05) is 25.7 Å². The van der Waals surface area contributed by atoms with Gasteiger partial charge in [-0.15, -0.1) is 0 Å². The predicted molar refractivity (Wildman–Crippen MR) is 92.8 cm³/mol. The molecule has 0 aromatic heterocycles. The zero-order valence-corrected chi connectivity index (χ0v) is 16.5. The summed E-state index contributed by atoms with van der Waals surface area (Å²) in [5, 5.41) is 19.8. The van der Waals surface area contributed by atoms with Gasteiger partial charge in [0.15, 0.2) is 0 Å². The average Bonchev–Trinajstić information content (AvgIpc) is 2.78.